The van der Waals surface area contributed by atoms with Crippen LogP contribution in [-0.2, 0) is 17.9 Å². The molecule has 0 saturated carbocycles. The highest BCUT2D eigenvalue weighted by Crippen LogP contribution is 2.09. The second-order valence-electron chi connectivity index (χ2n) is 5.35. The van der Waals surface area contributed by atoms with Crippen molar-refractivity contribution in [1.82, 2.24) is 10.6 Å². The topological polar surface area (TPSA) is 50.4 Å². The van der Waals surface area contributed by atoms with E-state index in [1.165, 1.54) is 0 Å². The molecular formula is C16H26N2O2. The van der Waals surface area contributed by atoms with Gasteiger partial charge >= 0.3 is 6.03 Å². The maximum Gasteiger partial charge on any atom is 0.315 e. The number of rotatable bonds is 8. The molecule has 4 nitrogen and oxygen atoms in total. The minimum absolute atomic E-state index is 0.110. The Morgan fingerprint density at radius 1 is 1.20 bits per heavy atom. The summed E-state index contributed by atoms with van der Waals surface area (Å²) in [7, 11) is 1.67. The summed E-state index contributed by atoms with van der Waals surface area (Å²) in [6.07, 6.45) is 2.16. The summed E-state index contributed by atoms with van der Waals surface area (Å²) in [6, 6.07) is 7.86. The summed E-state index contributed by atoms with van der Waals surface area (Å²) in [5.41, 5.74) is 2.20. The van der Waals surface area contributed by atoms with Gasteiger partial charge < -0.3 is 15.4 Å². The van der Waals surface area contributed by atoms with Crippen molar-refractivity contribution in [1.29, 1.82) is 0 Å². The third-order valence-corrected chi connectivity index (χ3v) is 3.10. The predicted octanol–water partition coefficient (Wildman–Crippen LogP) is 3.07. The van der Waals surface area contributed by atoms with Crippen molar-refractivity contribution in [3.8, 4) is 0 Å². The van der Waals surface area contributed by atoms with Crippen molar-refractivity contribution in [2.24, 2.45) is 5.92 Å². The number of hydrogen-bond acceptors (Lipinski definition) is 2. The van der Waals surface area contributed by atoms with Crippen LogP contribution in [0.2, 0.25) is 0 Å². The first-order valence-electron chi connectivity index (χ1n) is 7.21. The van der Waals surface area contributed by atoms with Crippen LogP contribution in [0.4, 0.5) is 4.79 Å². The maximum absolute atomic E-state index is 11.7. The number of hydrogen-bond donors (Lipinski definition) is 2. The molecule has 4 heteroatoms. The van der Waals surface area contributed by atoms with E-state index < -0.39 is 0 Å². The number of amides is 2. The molecule has 0 heterocycles. The number of ether oxygens (including phenoxy) is 1. The van der Waals surface area contributed by atoms with Gasteiger partial charge in [0.1, 0.15) is 0 Å². The highest BCUT2D eigenvalue weighted by atomic mass is 16.5. The first kappa shape index (κ1) is 16.5. The molecule has 0 fully saturated rings. The fourth-order valence-electron chi connectivity index (χ4n) is 1.98. The van der Waals surface area contributed by atoms with Gasteiger partial charge in [-0.3, -0.25) is 0 Å². The van der Waals surface area contributed by atoms with Gasteiger partial charge in [0.2, 0.25) is 0 Å². The van der Waals surface area contributed by atoms with Crippen LogP contribution >= 0.6 is 0 Å². The SMILES string of the molecule is COCc1ccccc1CNC(=O)NCCCC(C)C. The Balaban J connectivity index is 2.30. The number of methoxy groups -OCH3 is 1. The van der Waals surface area contributed by atoms with E-state index in [1.54, 1.807) is 7.11 Å². The van der Waals surface area contributed by atoms with Crippen molar-refractivity contribution in [2.75, 3.05) is 13.7 Å². The van der Waals surface area contributed by atoms with Gasteiger partial charge in [-0.25, -0.2) is 4.79 Å². The number of benzene rings is 1. The third kappa shape index (κ3) is 6.57. The fourth-order valence-corrected chi connectivity index (χ4v) is 1.98. The van der Waals surface area contributed by atoms with E-state index in [2.05, 4.69) is 24.5 Å². The minimum Gasteiger partial charge on any atom is -0.380 e. The van der Waals surface area contributed by atoms with E-state index in [1.807, 2.05) is 24.3 Å². The van der Waals surface area contributed by atoms with Crippen molar-refractivity contribution in [3.63, 3.8) is 0 Å². The molecule has 0 aliphatic rings. The monoisotopic (exact) mass is 278 g/mol. The molecule has 1 aromatic carbocycles. The minimum atomic E-state index is -0.110. The van der Waals surface area contributed by atoms with Crippen LogP contribution in [0.3, 0.4) is 0 Å². The summed E-state index contributed by atoms with van der Waals surface area (Å²) in [6.45, 7) is 6.19. The van der Waals surface area contributed by atoms with Gasteiger partial charge in [0.25, 0.3) is 0 Å². The van der Waals surface area contributed by atoms with Crippen LogP contribution < -0.4 is 10.6 Å². The molecule has 0 aromatic heterocycles. The number of urea groups is 1. The van der Waals surface area contributed by atoms with Crippen molar-refractivity contribution in [3.05, 3.63) is 35.4 Å². The van der Waals surface area contributed by atoms with E-state index in [4.69, 9.17) is 4.74 Å². The Bertz CT molecular complexity index is 405. The molecule has 0 unspecified atom stereocenters. The molecule has 0 aliphatic carbocycles. The Kier molecular flexibility index (Phi) is 7.73. The lowest BCUT2D eigenvalue weighted by atomic mass is 10.1. The van der Waals surface area contributed by atoms with Gasteiger partial charge in [0.05, 0.1) is 6.61 Å². The van der Waals surface area contributed by atoms with Gasteiger partial charge in [0, 0.05) is 20.2 Å². The summed E-state index contributed by atoms with van der Waals surface area (Å²) < 4.78 is 5.15. The van der Waals surface area contributed by atoms with Gasteiger partial charge in [-0.05, 0) is 29.9 Å². The molecule has 1 rings (SSSR count). The second kappa shape index (κ2) is 9.37. The second-order valence-corrected chi connectivity index (χ2v) is 5.35. The molecular weight excluding hydrogens is 252 g/mol. The summed E-state index contributed by atoms with van der Waals surface area (Å²) in [5.74, 6) is 0.681. The van der Waals surface area contributed by atoms with Crippen LogP contribution in [-0.4, -0.2) is 19.7 Å². The summed E-state index contributed by atoms with van der Waals surface area (Å²) in [5, 5.41) is 5.76. The molecule has 0 aliphatic heterocycles. The fraction of sp³-hybridized carbons (Fsp3) is 0.562. The number of carbonyl (C=O) groups excluding carboxylic acids is 1. The lowest BCUT2D eigenvalue weighted by Crippen LogP contribution is -2.35. The van der Waals surface area contributed by atoms with Crippen molar-refractivity contribution in [2.45, 2.75) is 39.8 Å². The molecule has 112 valence electrons. The van der Waals surface area contributed by atoms with Crippen molar-refractivity contribution < 1.29 is 9.53 Å². The average Bonchev–Trinajstić information content (AvgIpc) is 2.43. The Labute approximate surface area is 121 Å². The third-order valence-electron chi connectivity index (χ3n) is 3.10. The zero-order valence-corrected chi connectivity index (χ0v) is 12.7. The highest BCUT2D eigenvalue weighted by molar-refractivity contribution is 5.73. The van der Waals surface area contributed by atoms with E-state index in [9.17, 15) is 4.79 Å². The van der Waals surface area contributed by atoms with Crippen LogP contribution in [0.15, 0.2) is 24.3 Å². The molecule has 0 spiro atoms. The molecule has 0 saturated heterocycles. The van der Waals surface area contributed by atoms with Crippen LogP contribution in [0.1, 0.15) is 37.8 Å². The van der Waals surface area contributed by atoms with Gasteiger partial charge in [-0.1, -0.05) is 38.1 Å². The molecule has 0 radical (unpaired) electrons. The standard InChI is InChI=1S/C16H26N2O2/c1-13(2)7-6-10-17-16(19)18-11-14-8-4-5-9-15(14)12-20-3/h4-5,8-9,13H,6-7,10-12H2,1-3H3,(H2,17,18,19). The molecule has 0 atom stereocenters. The largest absolute Gasteiger partial charge is 0.380 e. The average molecular weight is 278 g/mol. The zero-order chi connectivity index (χ0) is 14.8. The smallest absolute Gasteiger partial charge is 0.315 e. The maximum atomic E-state index is 11.7. The first-order chi connectivity index (χ1) is 9.63. The summed E-state index contributed by atoms with van der Waals surface area (Å²) >= 11 is 0. The van der Waals surface area contributed by atoms with Gasteiger partial charge in [0.15, 0.2) is 0 Å². The van der Waals surface area contributed by atoms with E-state index in [0.29, 0.717) is 19.1 Å². The van der Waals surface area contributed by atoms with Crippen molar-refractivity contribution >= 4 is 6.03 Å². The van der Waals surface area contributed by atoms with Crippen LogP contribution in [0.25, 0.3) is 0 Å². The molecule has 2 N–H and O–H groups in total. The normalized spacial score (nSPS) is 10.6. The predicted molar refractivity (Wildman–Crippen MR) is 81.5 cm³/mol. The lowest BCUT2D eigenvalue weighted by Gasteiger charge is -2.11. The Morgan fingerprint density at radius 3 is 2.55 bits per heavy atom. The molecule has 1 aromatic rings. The molecule has 0 bridgehead atoms. The molecule has 2 amide bonds. The Hall–Kier alpha value is -1.55. The highest BCUT2D eigenvalue weighted by Gasteiger charge is 2.04. The van der Waals surface area contributed by atoms with E-state index >= 15 is 0 Å². The van der Waals surface area contributed by atoms with E-state index in [0.717, 1.165) is 30.5 Å². The molecule has 20 heavy (non-hydrogen) atoms. The van der Waals surface area contributed by atoms with Gasteiger partial charge in [-0.15, -0.1) is 0 Å². The Morgan fingerprint density at radius 2 is 1.90 bits per heavy atom. The first-order valence-corrected chi connectivity index (χ1v) is 7.21. The summed E-state index contributed by atoms with van der Waals surface area (Å²) in [4.78, 5) is 11.7. The van der Waals surface area contributed by atoms with Crippen LogP contribution in [0.5, 0.6) is 0 Å². The number of nitrogens with one attached hydrogen (secondary N) is 2. The van der Waals surface area contributed by atoms with E-state index in [-0.39, 0.29) is 6.03 Å². The van der Waals surface area contributed by atoms with Crippen LogP contribution in [0, 0.1) is 5.92 Å². The van der Waals surface area contributed by atoms with Gasteiger partial charge in [-0.2, -0.15) is 0 Å². The zero-order valence-electron chi connectivity index (χ0n) is 12.7. The number of carbonyl (C=O) groups is 1. The lowest BCUT2D eigenvalue weighted by molar-refractivity contribution is 0.184. The quantitative estimate of drug-likeness (QED) is 0.718.